The van der Waals surface area contributed by atoms with Crippen LogP contribution in [-0.2, 0) is 4.79 Å². The molecule has 0 fully saturated rings. The number of benzene rings is 3. The maximum absolute atomic E-state index is 12.9. The first kappa shape index (κ1) is 20.6. The summed E-state index contributed by atoms with van der Waals surface area (Å²) in [6.45, 7) is 4.00. The summed E-state index contributed by atoms with van der Waals surface area (Å²) in [6.07, 6.45) is 0.880. The Morgan fingerprint density at radius 1 is 0.931 bits per heavy atom. The van der Waals surface area contributed by atoms with Gasteiger partial charge in [-0.25, -0.2) is 0 Å². The number of ether oxygens (including phenoxy) is 1. The third-order valence-corrected chi connectivity index (χ3v) is 5.04. The quantitative estimate of drug-likeness (QED) is 0.541. The smallest absolute Gasteiger partial charge is 0.241 e. The fraction of sp³-hybridized carbons (Fsp3) is 0.240. The molecule has 0 bridgehead atoms. The summed E-state index contributed by atoms with van der Waals surface area (Å²) >= 11 is 0. The predicted molar refractivity (Wildman–Crippen MR) is 119 cm³/mol. The second-order valence-electron chi connectivity index (χ2n) is 7.02. The van der Waals surface area contributed by atoms with Crippen LogP contribution in [0.2, 0.25) is 0 Å². The topological polar surface area (TPSA) is 50.4 Å². The first-order chi connectivity index (χ1) is 14.1. The minimum absolute atomic E-state index is 0.0552. The molecule has 29 heavy (non-hydrogen) atoms. The maximum atomic E-state index is 12.9. The second kappa shape index (κ2) is 9.89. The van der Waals surface area contributed by atoms with Crippen molar-refractivity contribution in [2.75, 3.05) is 12.4 Å². The number of anilines is 1. The van der Waals surface area contributed by atoms with Gasteiger partial charge in [0.15, 0.2) is 0 Å². The maximum Gasteiger partial charge on any atom is 0.241 e. The highest BCUT2D eigenvalue weighted by atomic mass is 16.5. The lowest BCUT2D eigenvalue weighted by atomic mass is 10.0. The van der Waals surface area contributed by atoms with Gasteiger partial charge in [0, 0.05) is 17.3 Å². The number of rotatable bonds is 8. The van der Waals surface area contributed by atoms with Crippen molar-refractivity contribution in [3.05, 3.63) is 84.4 Å². The van der Waals surface area contributed by atoms with Gasteiger partial charge in [0.05, 0.1) is 13.2 Å². The van der Waals surface area contributed by atoms with E-state index in [1.54, 1.807) is 7.11 Å². The molecule has 4 heteroatoms. The highest BCUT2D eigenvalue weighted by molar-refractivity contribution is 5.98. The van der Waals surface area contributed by atoms with Gasteiger partial charge < -0.3 is 10.1 Å². The van der Waals surface area contributed by atoms with Crippen LogP contribution in [0.3, 0.4) is 0 Å². The highest BCUT2D eigenvalue weighted by Gasteiger charge is 2.19. The molecule has 0 aliphatic heterocycles. The van der Waals surface area contributed by atoms with E-state index >= 15 is 0 Å². The Hall–Kier alpha value is -3.11. The van der Waals surface area contributed by atoms with Crippen molar-refractivity contribution < 1.29 is 9.53 Å². The molecule has 4 nitrogen and oxygen atoms in total. The second-order valence-corrected chi connectivity index (χ2v) is 7.02. The molecule has 0 saturated carbocycles. The SMILES string of the molecule is CCC(NC(C)C(=O)Nc1ccccc1-c1ccccc1)c1ccc(OC)cc1. The number of hydrogen-bond donors (Lipinski definition) is 2. The molecule has 0 heterocycles. The van der Waals surface area contributed by atoms with Crippen LogP contribution in [0.25, 0.3) is 11.1 Å². The molecule has 3 rings (SSSR count). The van der Waals surface area contributed by atoms with Crippen LogP contribution in [0.5, 0.6) is 5.75 Å². The fourth-order valence-electron chi connectivity index (χ4n) is 3.37. The fourth-order valence-corrected chi connectivity index (χ4v) is 3.37. The Morgan fingerprint density at radius 2 is 1.59 bits per heavy atom. The lowest BCUT2D eigenvalue weighted by Crippen LogP contribution is -2.40. The van der Waals surface area contributed by atoms with E-state index in [0.29, 0.717) is 0 Å². The van der Waals surface area contributed by atoms with E-state index in [2.05, 4.69) is 17.6 Å². The molecule has 0 radical (unpaired) electrons. The van der Waals surface area contributed by atoms with E-state index in [1.165, 1.54) is 0 Å². The zero-order valence-corrected chi connectivity index (χ0v) is 17.2. The highest BCUT2D eigenvalue weighted by Crippen LogP contribution is 2.28. The third-order valence-electron chi connectivity index (χ3n) is 5.04. The van der Waals surface area contributed by atoms with E-state index in [9.17, 15) is 4.79 Å². The van der Waals surface area contributed by atoms with E-state index in [4.69, 9.17) is 4.74 Å². The number of amides is 1. The van der Waals surface area contributed by atoms with Crippen LogP contribution in [0.4, 0.5) is 5.69 Å². The molecular weight excluding hydrogens is 360 g/mol. The molecule has 0 aliphatic rings. The standard InChI is InChI=1S/C25H28N2O2/c1-4-23(20-14-16-21(29-3)17-15-20)26-18(2)25(28)27-24-13-9-8-12-22(24)19-10-6-5-7-11-19/h5-18,23,26H,4H2,1-3H3,(H,27,28). The van der Waals surface area contributed by atoms with Gasteiger partial charge in [-0.1, -0.05) is 67.6 Å². The minimum Gasteiger partial charge on any atom is -0.497 e. The largest absolute Gasteiger partial charge is 0.497 e. The number of hydrogen-bond acceptors (Lipinski definition) is 3. The van der Waals surface area contributed by atoms with E-state index in [0.717, 1.165) is 34.5 Å². The first-order valence-electron chi connectivity index (χ1n) is 9.97. The summed E-state index contributed by atoms with van der Waals surface area (Å²) in [6, 6.07) is 25.7. The van der Waals surface area contributed by atoms with Crippen molar-refractivity contribution in [2.24, 2.45) is 0 Å². The Balaban J connectivity index is 1.70. The zero-order chi connectivity index (χ0) is 20.6. The third kappa shape index (κ3) is 5.24. The van der Waals surface area contributed by atoms with Crippen molar-refractivity contribution in [3.63, 3.8) is 0 Å². The van der Waals surface area contributed by atoms with Crippen LogP contribution < -0.4 is 15.4 Å². The Morgan fingerprint density at radius 3 is 2.24 bits per heavy atom. The van der Waals surface area contributed by atoms with Gasteiger partial charge in [0.2, 0.25) is 5.91 Å². The number of methoxy groups -OCH3 is 1. The van der Waals surface area contributed by atoms with Crippen molar-refractivity contribution >= 4 is 11.6 Å². The van der Waals surface area contributed by atoms with Gasteiger partial charge in [-0.3, -0.25) is 10.1 Å². The van der Waals surface area contributed by atoms with Gasteiger partial charge in [-0.2, -0.15) is 0 Å². The van der Waals surface area contributed by atoms with E-state index in [-0.39, 0.29) is 18.0 Å². The van der Waals surface area contributed by atoms with Gasteiger partial charge in [0.1, 0.15) is 5.75 Å². The summed E-state index contributed by atoms with van der Waals surface area (Å²) < 4.78 is 5.23. The first-order valence-corrected chi connectivity index (χ1v) is 9.97. The van der Waals surface area contributed by atoms with Crippen LogP contribution >= 0.6 is 0 Å². The van der Waals surface area contributed by atoms with Crippen molar-refractivity contribution in [1.29, 1.82) is 0 Å². The van der Waals surface area contributed by atoms with Crippen molar-refractivity contribution in [1.82, 2.24) is 5.32 Å². The molecule has 0 aliphatic carbocycles. The molecule has 1 amide bonds. The van der Waals surface area contributed by atoms with Gasteiger partial charge in [-0.15, -0.1) is 0 Å². The molecule has 3 aromatic rings. The van der Waals surface area contributed by atoms with Gasteiger partial charge >= 0.3 is 0 Å². The molecular formula is C25H28N2O2. The van der Waals surface area contributed by atoms with Crippen LogP contribution in [0, 0.1) is 0 Å². The van der Waals surface area contributed by atoms with Crippen molar-refractivity contribution in [3.8, 4) is 16.9 Å². The summed E-state index contributed by atoms with van der Waals surface area (Å²) in [5.74, 6) is 0.771. The molecule has 2 N–H and O–H groups in total. The summed E-state index contributed by atoms with van der Waals surface area (Å²) in [4.78, 5) is 12.9. The van der Waals surface area contributed by atoms with Gasteiger partial charge in [-0.05, 0) is 42.7 Å². The average molecular weight is 389 g/mol. The molecule has 2 unspecified atom stereocenters. The Labute approximate surface area is 172 Å². The number of nitrogens with one attached hydrogen (secondary N) is 2. The lowest BCUT2D eigenvalue weighted by Gasteiger charge is -2.23. The number of carbonyl (C=O) groups is 1. The normalized spacial score (nSPS) is 12.8. The lowest BCUT2D eigenvalue weighted by molar-refractivity contribution is -0.118. The van der Waals surface area contributed by atoms with Crippen molar-refractivity contribution in [2.45, 2.75) is 32.4 Å². The zero-order valence-electron chi connectivity index (χ0n) is 17.2. The molecule has 3 aromatic carbocycles. The Kier molecular flexibility index (Phi) is 7.04. The van der Waals surface area contributed by atoms with E-state index in [1.807, 2.05) is 85.8 Å². The summed E-state index contributed by atoms with van der Waals surface area (Å²) in [5, 5.41) is 6.53. The van der Waals surface area contributed by atoms with Crippen LogP contribution in [0.15, 0.2) is 78.9 Å². The molecule has 150 valence electrons. The van der Waals surface area contributed by atoms with Crippen LogP contribution in [-0.4, -0.2) is 19.1 Å². The predicted octanol–water partition coefficient (Wildman–Crippen LogP) is 5.43. The van der Waals surface area contributed by atoms with Gasteiger partial charge in [0.25, 0.3) is 0 Å². The molecule has 0 spiro atoms. The average Bonchev–Trinajstić information content (AvgIpc) is 2.78. The summed E-state index contributed by atoms with van der Waals surface area (Å²) in [7, 11) is 1.66. The van der Waals surface area contributed by atoms with Crippen LogP contribution in [0.1, 0.15) is 31.9 Å². The number of carbonyl (C=O) groups excluding carboxylic acids is 1. The molecule has 2 atom stereocenters. The molecule has 0 saturated heterocycles. The minimum atomic E-state index is -0.342. The molecule has 0 aromatic heterocycles. The number of para-hydroxylation sites is 1. The Bertz CT molecular complexity index is 923. The van der Waals surface area contributed by atoms with E-state index < -0.39 is 0 Å². The monoisotopic (exact) mass is 388 g/mol. The summed E-state index contributed by atoms with van der Waals surface area (Å²) in [5.41, 5.74) is 4.04.